The number of hydrogen-bond donors (Lipinski definition) is 0. The molecule has 1 aromatic heterocycles. The standard InChI is InChI=1S/C36H48N4O2/c1-4-29(5-2)39-18-9-10-26(24-39)17-19-38-20-21-40-33-23-28(36(41)37-42)14-16-30(33)34(27-11-7-6-8-12-27)35(40)31-15-13-25(3)22-32(31)38/h13-16,22-23,26-27,29H,4-12,17-21,24H2,1-3H3. The van der Waals surface area contributed by atoms with Crippen molar-refractivity contribution in [3.05, 3.63) is 58.0 Å². The van der Waals surface area contributed by atoms with Gasteiger partial charge >= 0.3 is 5.91 Å². The molecule has 0 bridgehead atoms. The lowest BCUT2D eigenvalue weighted by atomic mass is 9.81. The summed E-state index contributed by atoms with van der Waals surface area (Å²) in [5, 5.41) is 3.98. The molecule has 3 aliphatic rings. The zero-order chi connectivity index (χ0) is 29.2. The highest BCUT2D eigenvalue weighted by Crippen LogP contribution is 2.47. The van der Waals surface area contributed by atoms with Gasteiger partial charge in [-0.1, -0.05) is 51.3 Å². The van der Waals surface area contributed by atoms with Crippen LogP contribution < -0.4 is 4.90 Å². The molecule has 224 valence electrons. The Kier molecular flexibility index (Phi) is 8.80. The summed E-state index contributed by atoms with van der Waals surface area (Å²) in [7, 11) is 0. The molecule has 1 unspecified atom stereocenters. The van der Waals surface area contributed by atoms with E-state index in [1.807, 2.05) is 6.07 Å². The molecule has 0 radical (unpaired) electrons. The first-order valence-electron chi connectivity index (χ1n) is 16.7. The van der Waals surface area contributed by atoms with Gasteiger partial charge in [-0.15, -0.1) is 4.91 Å². The van der Waals surface area contributed by atoms with Crippen molar-refractivity contribution in [1.29, 1.82) is 0 Å². The van der Waals surface area contributed by atoms with E-state index in [0.29, 0.717) is 11.5 Å². The number of piperidine rings is 1. The number of aromatic nitrogens is 1. The average Bonchev–Trinajstić information content (AvgIpc) is 3.26. The fourth-order valence-corrected chi connectivity index (χ4v) is 8.37. The molecule has 1 amide bonds. The Morgan fingerprint density at radius 2 is 1.76 bits per heavy atom. The number of amides is 1. The number of aryl methyl sites for hydroxylation is 1. The molecule has 1 aliphatic carbocycles. The molecule has 3 aromatic rings. The second kappa shape index (κ2) is 12.7. The summed E-state index contributed by atoms with van der Waals surface area (Å²) in [5.41, 5.74) is 8.20. The Balaban J connectivity index is 1.38. The quantitative estimate of drug-likeness (QED) is 0.255. The summed E-state index contributed by atoms with van der Waals surface area (Å²) < 4.78 is 2.46. The lowest BCUT2D eigenvalue weighted by Crippen LogP contribution is -2.43. The van der Waals surface area contributed by atoms with E-state index < -0.39 is 5.91 Å². The number of hydrogen-bond acceptors (Lipinski definition) is 4. The summed E-state index contributed by atoms with van der Waals surface area (Å²) in [4.78, 5) is 28.9. The summed E-state index contributed by atoms with van der Waals surface area (Å²) in [6.07, 6.45) is 12.6. The third kappa shape index (κ3) is 5.55. The van der Waals surface area contributed by atoms with Crippen LogP contribution in [0.5, 0.6) is 0 Å². The number of anilines is 1. The average molecular weight is 569 g/mol. The first-order valence-corrected chi connectivity index (χ1v) is 16.7. The number of nitrogens with zero attached hydrogens (tertiary/aromatic N) is 4. The van der Waals surface area contributed by atoms with E-state index in [1.54, 1.807) is 6.07 Å². The summed E-state index contributed by atoms with van der Waals surface area (Å²) in [6.45, 7) is 12.2. The highest BCUT2D eigenvalue weighted by molar-refractivity contribution is 6.02. The van der Waals surface area contributed by atoms with E-state index in [1.165, 1.54) is 111 Å². The van der Waals surface area contributed by atoms with Crippen LogP contribution in [0.4, 0.5) is 5.69 Å². The van der Waals surface area contributed by atoms with Crippen LogP contribution in [-0.2, 0) is 6.54 Å². The van der Waals surface area contributed by atoms with Crippen molar-refractivity contribution in [2.45, 2.75) is 103 Å². The minimum atomic E-state index is -0.687. The van der Waals surface area contributed by atoms with E-state index in [9.17, 15) is 9.70 Å². The van der Waals surface area contributed by atoms with Gasteiger partial charge in [0.05, 0.1) is 5.69 Å². The van der Waals surface area contributed by atoms with E-state index in [-0.39, 0.29) is 0 Å². The van der Waals surface area contributed by atoms with Crippen LogP contribution in [0.3, 0.4) is 0 Å². The van der Waals surface area contributed by atoms with Crippen molar-refractivity contribution in [1.82, 2.24) is 9.47 Å². The van der Waals surface area contributed by atoms with Gasteiger partial charge < -0.3 is 14.4 Å². The number of likely N-dealkylation sites (tertiary alicyclic amines) is 1. The molecule has 2 aromatic carbocycles. The van der Waals surface area contributed by atoms with Gasteiger partial charge in [-0.2, -0.15) is 0 Å². The molecular formula is C36H48N4O2. The molecule has 3 heterocycles. The number of carbonyl (C=O) groups excluding carboxylic acids is 1. The van der Waals surface area contributed by atoms with Gasteiger partial charge in [0.25, 0.3) is 0 Å². The number of benzene rings is 2. The molecule has 1 saturated carbocycles. The lowest BCUT2D eigenvalue weighted by Gasteiger charge is -2.38. The Hall–Kier alpha value is -2.99. The van der Waals surface area contributed by atoms with Crippen molar-refractivity contribution in [3.8, 4) is 11.3 Å². The van der Waals surface area contributed by atoms with Crippen LogP contribution >= 0.6 is 0 Å². The summed E-state index contributed by atoms with van der Waals surface area (Å²) in [6, 6.07) is 13.5. The lowest BCUT2D eigenvalue weighted by molar-refractivity contribution is 0.100. The Morgan fingerprint density at radius 3 is 2.52 bits per heavy atom. The molecule has 2 aliphatic heterocycles. The SMILES string of the molecule is CCC(CC)N1CCCC(CCN2CCn3c(c(C4CCCCC4)c4ccc(C(=O)N=O)cc43)-c3ccc(C)cc32)C1. The second-order valence-electron chi connectivity index (χ2n) is 13.1. The Bertz CT molecular complexity index is 1430. The first-order chi connectivity index (χ1) is 20.5. The summed E-state index contributed by atoms with van der Waals surface area (Å²) in [5.74, 6) is 0.577. The topological polar surface area (TPSA) is 57.9 Å². The third-order valence-corrected chi connectivity index (χ3v) is 10.6. The maximum absolute atomic E-state index is 12.3. The van der Waals surface area contributed by atoms with Crippen molar-refractivity contribution >= 4 is 22.5 Å². The molecular weight excluding hydrogens is 520 g/mol. The minimum Gasteiger partial charge on any atom is -0.369 e. The van der Waals surface area contributed by atoms with Crippen LogP contribution in [0.15, 0.2) is 41.6 Å². The number of fused-ring (bicyclic) bond motifs is 5. The smallest absolute Gasteiger partial charge is 0.316 e. The molecule has 0 spiro atoms. The van der Waals surface area contributed by atoms with Crippen LogP contribution in [0.1, 0.15) is 105 Å². The monoisotopic (exact) mass is 568 g/mol. The van der Waals surface area contributed by atoms with Gasteiger partial charge in [0.2, 0.25) is 0 Å². The van der Waals surface area contributed by atoms with Crippen molar-refractivity contribution in [3.63, 3.8) is 0 Å². The zero-order valence-corrected chi connectivity index (χ0v) is 25.9. The van der Waals surface area contributed by atoms with Gasteiger partial charge in [-0.3, -0.25) is 4.79 Å². The minimum absolute atomic E-state index is 0.387. The predicted molar refractivity (Wildman–Crippen MR) is 174 cm³/mol. The van der Waals surface area contributed by atoms with E-state index in [4.69, 9.17) is 0 Å². The third-order valence-electron chi connectivity index (χ3n) is 10.6. The van der Waals surface area contributed by atoms with Gasteiger partial charge in [0, 0.05) is 65.1 Å². The van der Waals surface area contributed by atoms with Gasteiger partial charge in [0.1, 0.15) is 0 Å². The molecule has 42 heavy (non-hydrogen) atoms. The molecule has 6 rings (SSSR count). The fraction of sp³-hybridized carbons (Fsp3) is 0.583. The summed E-state index contributed by atoms with van der Waals surface area (Å²) >= 11 is 0. The van der Waals surface area contributed by atoms with E-state index >= 15 is 0 Å². The van der Waals surface area contributed by atoms with Crippen molar-refractivity contribution < 1.29 is 4.79 Å². The van der Waals surface area contributed by atoms with Crippen molar-refractivity contribution in [2.75, 3.05) is 31.1 Å². The largest absolute Gasteiger partial charge is 0.369 e. The maximum atomic E-state index is 12.3. The van der Waals surface area contributed by atoms with Gasteiger partial charge in [0.15, 0.2) is 0 Å². The van der Waals surface area contributed by atoms with Crippen LogP contribution in [-0.4, -0.2) is 47.6 Å². The number of nitroso groups, excluding NO2 is 1. The van der Waals surface area contributed by atoms with Crippen LogP contribution in [0.2, 0.25) is 0 Å². The van der Waals surface area contributed by atoms with Gasteiger partial charge in [-0.25, -0.2) is 0 Å². The first kappa shape index (κ1) is 29.1. The Morgan fingerprint density at radius 1 is 0.952 bits per heavy atom. The van der Waals surface area contributed by atoms with Crippen LogP contribution in [0.25, 0.3) is 22.2 Å². The molecule has 2 fully saturated rings. The maximum Gasteiger partial charge on any atom is 0.316 e. The van der Waals surface area contributed by atoms with Crippen molar-refractivity contribution in [2.24, 2.45) is 11.1 Å². The normalized spacial score (nSPS) is 20.0. The predicted octanol–water partition coefficient (Wildman–Crippen LogP) is 8.68. The molecule has 6 nitrogen and oxygen atoms in total. The number of rotatable bonds is 8. The Labute approximate surface area is 251 Å². The molecule has 0 N–H and O–H groups in total. The molecule has 1 atom stereocenters. The van der Waals surface area contributed by atoms with Crippen LogP contribution in [0, 0.1) is 17.7 Å². The van der Waals surface area contributed by atoms with E-state index in [2.05, 4.69) is 64.6 Å². The molecule has 6 heteroatoms. The fourth-order valence-electron chi connectivity index (χ4n) is 8.37. The second-order valence-corrected chi connectivity index (χ2v) is 13.1. The zero-order valence-electron chi connectivity index (χ0n) is 25.9. The number of carbonyl (C=O) groups is 1. The van der Waals surface area contributed by atoms with Gasteiger partial charge in [-0.05, 0) is 99.6 Å². The van der Waals surface area contributed by atoms with E-state index in [0.717, 1.165) is 37.1 Å². The highest BCUT2D eigenvalue weighted by Gasteiger charge is 2.31. The molecule has 1 saturated heterocycles. The highest BCUT2D eigenvalue weighted by atomic mass is 16.3.